The zero-order valence-corrected chi connectivity index (χ0v) is 18.6. The maximum Gasteiger partial charge on any atom is 0.435 e. The van der Waals surface area contributed by atoms with Crippen molar-refractivity contribution in [1.82, 2.24) is 20.4 Å². The fraction of sp³-hybridized carbons (Fsp3) is 0.368. The number of halogens is 4. The number of furan rings is 1. The Morgan fingerprint density at radius 2 is 2.03 bits per heavy atom. The quantitative estimate of drug-likeness (QED) is 0.292. The van der Waals surface area contributed by atoms with E-state index >= 15 is 0 Å². The molecule has 6 nitrogen and oxygen atoms in total. The summed E-state index contributed by atoms with van der Waals surface area (Å²) in [5, 5.41) is 10.7. The minimum atomic E-state index is -4.51. The molecule has 0 spiro atoms. The number of aryl methyl sites for hydroxylation is 1. The van der Waals surface area contributed by atoms with Crippen molar-refractivity contribution in [3.63, 3.8) is 0 Å². The van der Waals surface area contributed by atoms with Gasteiger partial charge in [0.15, 0.2) is 11.7 Å². The van der Waals surface area contributed by atoms with Crippen LogP contribution >= 0.6 is 24.0 Å². The first-order valence-electron chi connectivity index (χ1n) is 8.91. The molecule has 0 aliphatic carbocycles. The second-order valence-corrected chi connectivity index (χ2v) is 6.42. The topological polar surface area (TPSA) is 67.4 Å². The van der Waals surface area contributed by atoms with Gasteiger partial charge in [0.05, 0.1) is 12.6 Å². The fourth-order valence-corrected chi connectivity index (χ4v) is 2.87. The van der Waals surface area contributed by atoms with E-state index in [0.717, 1.165) is 15.7 Å². The number of fused-ring (bicyclic) bond motifs is 1. The lowest BCUT2D eigenvalue weighted by atomic mass is 10.2. The van der Waals surface area contributed by atoms with E-state index in [1.54, 1.807) is 0 Å². The van der Waals surface area contributed by atoms with Gasteiger partial charge < -0.3 is 15.1 Å². The molecule has 2 aromatic heterocycles. The van der Waals surface area contributed by atoms with Crippen LogP contribution in [0, 0.1) is 0 Å². The molecule has 1 atom stereocenters. The Labute approximate surface area is 183 Å². The monoisotopic (exact) mass is 521 g/mol. The third kappa shape index (κ3) is 5.64. The Bertz CT molecular complexity index is 947. The van der Waals surface area contributed by atoms with Crippen molar-refractivity contribution in [2.75, 3.05) is 6.54 Å². The van der Waals surface area contributed by atoms with Crippen LogP contribution in [0.2, 0.25) is 0 Å². The van der Waals surface area contributed by atoms with Gasteiger partial charge >= 0.3 is 6.18 Å². The van der Waals surface area contributed by atoms with Gasteiger partial charge in [0.2, 0.25) is 0 Å². The van der Waals surface area contributed by atoms with Crippen molar-refractivity contribution in [3.05, 3.63) is 53.5 Å². The number of rotatable bonds is 5. The second kappa shape index (κ2) is 9.51. The van der Waals surface area contributed by atoms with Gasteiger partial charge in [-0.15, -0.1) is 24.0 Å². The highest BCUT2D eigenvalue weighted by atomic mass is 127. The summed E-state index contributed by atoms with van der Waals surface area (Å²) in [6.45, 7) is 4.20. The van der Waals surface area contributed by atoms with Crippen LogP contribution in [0.1, 0.15) is 36.9 Å². The molecule has 158 valence electrons. The maximum absolute atomic E-state index is 13.1. The summed E-state index contributed by atoms with van der Waals surface area (Å²) in [4.78, 5) is 4.29. The van der Waals surface area contributed by atoms with E-state index in [1.807, 2.05) is 44.2 Å². The highest BCUT2D eigenvalue weighted by Crippen LogP contribution is 2.31. The Morgan fingerprint density at radius 3 is 2.69 bits per heavy atom. The minimum absolute atomic E-state index is 0. The number of aromatic nitrogens is 2. The molecular weight excluding hydrogens is 498 g/mol. The van der Waals surface area contributed by atoms with Crippen LogP contribution < -0.4 is 10.6 Å². The van der Waals surface area contributed by atoms with Crippen LogP contribution in [-0.2, 0) is 19.8 Å². The fourth-order valence-electron chi connectivity index (χ4n) is 2.87. The molecule has 3 aromatic rings. The first-order valence-corrected chi connectivity index (χ1v) is 8.91. The molecule has 0 saturated carbocycles. The molecule has 0 bridgehead atoms. The first-order chi connectivity index (χ1) is 13.3. The van der Waals surface area contributed by atoms with Crippen molar-refractivity contribution >= 4 is 40.9 Å². The smallest absolute Gasteiger partial charge is 0.435 e. The van der Waals surface area contributed by atoms with Crippen LogP contribution in [0.25, 0.3) is 11.0 Å². The molecule has 29 heavy (non-hydrogen) atoms. The van der Waals surface area contributed by atoms with Crippen molar-refractivity contribution < 1.29 is 17.6 Å². The maximum atomic E-state index is 13.1. The average molecular weight is 521 g/mol. The number of nitrogens with zero attached hydrogens (tertiary/aromatic N) is 3. The normalized spacial score (nSPS) is 13.2. The lowest BCUT2D eigenvalue weighted by molar-refractivity contribution is -0.142. The standard InChI is InChI=1S/C19H22F3N5O.HI/c1-4-23-18(24-10-14-11-27(3)26-17(14)19(20,21)22)25-12(2)16-9-13-7-5-6-8-15(13)28-16;/h5-9,11-12H,4,10H2,1-3H3,(H2,23,24,25);1H. The van der Waals surface area contributed by atoms with Gasteiger partial charge in [-0.2, -0.15) is 18.3 Å². The number of alkyl halides is 3. The third-order valence-electron chi connectivity index (χ3n) is 4.15. The summed E-state index contributed by atoms with van der Waals surface area (Å²) in [5.41, 5.74) is -0.123. The van der Waals surface area contributed by atoms with Gasteiger partial charge in [-0.25, -0.2) is 4.99 Å². The Kier molecular flexibility index (Phi) is 7.55. The molecule has 1 aromatic carbocycles. The highest BCUT2D eigenvalue weighted by Gasteiger charge is 2.36. The lowest BCUT2D eigenvalue weighted by Crippen LogP contribution is -2.38. The lowest BCUT2D eigenvalue weighted by Gasteiger charge is -2.16. The summed E-state index contributed by atoms with van der Waals surface area (Å²) >= 11 is 0. The molecule has 1 unspecified atom stereocenters. The van der Waals surface area contributed by atoms with Crippen molar-refractivity contribution in [1.29, 1.82) is 0 Å². The number of hydrogen-bond donors (Lipinski definition) is 2. The van der Waals surface area contributed by atoms with Crippen molar-refractivity contribution in [2.45, 2.75) is 32.6 Å². The number of benzene rings is 1. The first kappa shape index (κ1) is 23.0. The summed E-state index contributed by atoms with van der Waals surface area (Å²) in [7, 11) is 1.45. The van der Waals surface area contributed by atoms with E-state index < -0.39 is 11.9 Å². The number of hydrogen-bond acceptors (Lipinski definition) is 3. The summed E-state index contributed by atoms with van der Waals surface area (Å²) in [6, 6.07) is 9.37. The van der Waals surface area contributed by atoms with Crippen molar-refractivity contribution in [2.24, 2.45) is 12.0 Å². The number of nitrogens with one attached hydrogen (secondary N) is 2. The van der Waals surface area contributed by atoms with Gasteiger partial charge in [0.25, 0.3) is 0 Å². The molecule has 0 radical (unpaired) electrons. The Hall–Kier alpha value is -2.24. The largest absolute Gasteiger partial charge is 0.459 e. The van der Waals surface area contributed by atoms with Crippen LogP contribution in [0.4, 0.5) is 13.2 Å². The molecular formula is C19H23F3IN5O. The van der Waals surface area contributed by atoms with Gasteiger partial charge in [-0.1, -0.05) is 18.2 Å². The summed E-state index contributed by atoms with van der Waals surface area (Å²) in [6.07, 6.45) is -3.18. The third-order valence-corrected chi connectivity index (χ3v) is 4.15. The number of guanidine groups is 1. The SMILES string of the molecule is CCNC(=NCc1cn(C)nc1C(F)(F)F)NC(C)c1cc2ccccc2o1.I. The molecule has 0 amide bonds. The van der Waals surface area contributed by atoms with Gasteiger partial charge in [0.1, 0.15) is 11.3 Å². The van der Waals surface area contributed by atoms with Gasteiger partial charge in [-0.3, -0.25) is 4.68 Å². The van der Waals surface area contributed by atoms with E-state index in [4.69, 9.17) is 4.42 Å². The van der Waals surface area contributed by atoms with Crippen LogP contribution in [-0.4, -0.2) is 22.3 Å². The average Bonchev–Trinajstić information content (AvgIpc) is 3.23. The van der Waals surface area contributed by atoms with Gasteiger partial charge in [-0.05, 0) is 26.0 Å². The summed E-state index contributed by atoms with van der Waals surface area (Å²) in [5.74, 6) is 1.11. The van der Waals surface area contributed by atoms with E-state index in [9.17, 15) is 13.2 Å². The van der Waals surface area contributed by atoms with Crippen LogP contribution in [0.5, 0.6) is 0 Å². The Balaban J connectivity index is 0.00000300. The van der Waals surface area contributed by atoms with E-state index in [0.29, 0.717) is 18.3 Å². The number of para-hydroxylation sites is 1. The molecule has 0 aliphatic rings. The highest BCUT2D eigenvalue weighted by molar-refractivity contribution is 14.0. The predicted molar refractivity (Wildman–Crippen MR) is 116 cm³/mol. The van der Waals surface area contributed by atoms with E-state index in [1.165, 1.54) is 13.2 Å². The molecule has 2 N–H and O–H groups in total. The van der Waals surface area contributed by atoms with E-state index in [2.05, 4.69) is 20.7 Å². The van der Waals surface area contributed by atoms with Crippen molar-refractivity contribution in [3.8, 4) is 0 Å². The summed E-state index contributed by atoms with van der Waals surface area (Å²) < 4.78 is 46.3. The van der Waals surface area contributed by atoms with E-state index in [-0.39, 0.29) is 42.1 Å². The Morgan fingerprint density at radius 1 is 1.31 bits per heavy atom. The predicted octanol–water partition coefficient (Wildman–Crippen LogP) is 4.62. The zero-order valence-electron chi connectivity index (χ0n) is 16.2. The molecule has 2 heterocycles. The second-order valence-electron chi connectivity index (χ2n) is 6.42. The minimum Gasteiger partial charge on any atom is -0.459 e. The molecule has 10 heteroatoms. The van der Waals surface area contributed by atoms with Crippen LogP contribution in [0.15, 0.2) is 45.9 Å². The molecule has 0 aliphatic heterocycles. The van der Waals surface area contributed by atoms with Crippen LogP contribution in [0.3, 0.4) is 0 Å². The zero-order chi connectivity index (χ0) is 20.3. The number of aliphatic imine (C=N–C) groups is 1. The van der Waals surface area contributed by atoms with Gasteiger partial charge in [0, 0.05) is 30.7 Å². The molecule has 3 rings (SSSR count). The molecule has 0 fully saturated rings. The molecule has 0 saturated heterocycles.